The minimum atomic E-state index is -0.275. The lowest BCUT2D eigenvalue weighted by Crippen LogP contribution is -2.34. The summed E-state index contributed by atoms with van der Waals surface area (Å²) in [4.78, 5) is 26.5. The van der Waals surface area contributed by atoms with Crippen LogP contribution >= 0.6 is 0 Å². The van der Waals surface area contributed by atoms with Crippen molar-refractivity contribution in [1.29, 1.82) is 0 Å². The van der Waals surface area contributed by atoms with Gasteiger partial charge in [-0.1, -0.05) is 56.3 Å². The van der Waals surface area contributed by atoms with Gasteiger partial charge in [0.15, 0.2) is 0 Å². The lowest BCUT2D eigenvalue weighted by atomic mass is 10.0. The highest BCUT2D eigenvalue weighted by Crippen LogP contribution is 2.26. The van der Waals surface area contributed by atoms with E-state index < -0.39 is 0 Å². The molecule has 1 aliphatic heterocycles. The van der Waals surface area contributed by atoms with Crippen molar-refractivity contribution in [3.63, 3.8) is 0 Å². The van der Waals surface area contributed by atoms with Gasteiger partial charge >= 0.3 is 0 Å². The minimum absolute atomic E-state index is 0.0190. The zero-order valence-corrected chi connectivity index (χ0v) is 15.4. The van der Waals surface area contributed by atoms with Gasteiger partial charge in [0, 0.05) is 25.2 Å². The molecular formula is C22H26N2O2. The third-order valence-corrected chi connectivity index (χ3v) is 4.92. The molecule has 0 bridgehead atoms. The Hall–Kier alpha value is -2.62. The Balaban J connectivity index is 1.54. The second-order valence-electron chi connectivity index (χ2n) is 7.18. The molecule has 2 aromatic rings. The summed E-state index contributed by atoms with van der Waals surface area (Å²) in [5.41, 5.74) is 3.32. The van der Waals surface area contributed by atoms with Gasteiger partial charge in [-0.3, -0.25) is 9.59 Å². The highest BCUT2D eigenvalue weighted by Gasteiger charge is 2.34. The predicted octanol–water partition coefficient (Wildman–Crippen LogP) is 3.52. The summed E-state index contributed by atoms with van der Waals surface area (Å²) in [6, 6.07) is 18.1. The molecule has 0 aromatic heterocycles. The van der Waals surface area contributed by atoms with Gasteiger partial charge in [-0.15, -0.1) is 0 Å². The summed E-state index contributed by atoms with van der Waals surface area (Å²) >= 11 is 0. The summed E-state index contributed by atoms with van der Waals surface area (Å²) in [5.74, 6) is 0.172. The van der Waals surface area contributed by atoms with E-state index in [1.165, 1.54) is 11.1 Å². The summed E-state index contributed by atoms with van der Waals surface area (Å²) in [7, 11) is 0. The first-order valence-electron chi connectivity index (χ1n) is 9.26. The van der Waals surface area contributed by atoms with Gasteiger partial charge in [-0.2, -0.15) is 0 Å². The monoisotopic (exact) mass is 350 g/mol. The molecule has 1 atom stereocenters. The SMILES string of the molecule is CC(C)c1ccc(N2CC(C(=O)NCCc3ccccc3)CC2=O)cc1. The maximum atomic E-state index is 12.4. The summed E-state index contributed by atoms with van der Waals surface area (Å²) in [5, 5.41) is 2.97. The fourth-order valence-corrected chi connectivity index (χ4v) is 3.29. The molecule has 0 aliphatic carbocycles. The molecule has 1 heterocycles. The first kappa shape index (κ1) is 18.2. The topological polar surface area (TPSA) is 49.4 Å². The Labute approximate surface area is 155 Å². The quantitative estimate of drug-likeness (QED) is 0.866. The Bertz CT molecular complexity index is 753. The summed E-state index contributed by atoms with van der Waals surface area (Å²) < 4.78 is 0. The Morgan fingerprint density at radius 3 is 2.46 bits per heavy atom. The highest BCUT2D eigenvalue weighted by atomic mass is 16.2. The van der Waals surface area contributed by atoms with Crippen molar-refractivity contribution in [2.45, 2.75) is 32.6 Å². The first-order chi connectivity index (χ1) is 12.5. The maximum absolute atomic E-state index is 12.4. The van der Waals surface area contributed by atoms with Crippen LogP contribution in [0.4, 0.5) is 5.69 Å². The number of hydrogen-bond acceptors (Lipinski definition) is 2. The highest BCUT2D eigenvalue weighted by molar-refractivity contribution is 6.00. The van der Waals surface area contributed by atoms with Gasteiger partial charge in [0.05, 0.1) is 5.92 Å². The number of anilines is 1. The fraction of sp³-hybridized carbons (Fsp3) is 0.364. The number of carbonyl (C=O) groups is 2. The average molecular weight is 350 g/mol. The number of nitrogens with zero attached hydrogens (tertiary/aromatic N) is 1. The second kappa shape index (κ2) is 8.17. The van der Waals surface area contributed by atoms with Crippen LogP contribution < -0.4 is 10.2 Å². The molecule has 26 heavy (non-hydrogen) atoms. The molecule has 1 N–H and O–H groups in total. The van der Waals surface area contributed by atoms with Gasteiger partial charge in [0.2, 0.25) is 11.8 Å². The van der Waals surface area contributed by atoms with Crippen LogP contribution in [-0.2, 0) is 16.0 Å². The van der Waals surface area contributed by atoms with Gasteiger partial charge in [0.25, 0.3) is 0 Å². The Morgan fingerprint density at radius 1 is 1.12 bits per heavy atom. The molecule has 4 nitrogen and oxygen atoms in total. The van der Waals surface area contributed by atoms with Crippen molar-refractivity contribution in [3.8, 4) is 0 Å². The van der Waals surface area contributed by atoms with Gasteiger partial charge in [-0.05, 0) is 35.6 Å². The molecule has 1 unspecified atom stereocenters. The molecular weight excluding hydrogens is 324 g/mol. The van der Waals surface area contributed by atoms with Gasteiger partial charge in [-0.25, -0.2) is 0 Å². The van der Waals surface area contributed by atoms with Crippen molar-refractivity contribution < 1.29 is 9.59 Å². The Morgan fingerprint density at radius 2 is 1.81 bits per heavy atom. The number of benzene rings is 2. The molecule has 2 amide bonds. The van der Waals surface area contributed by atoms with Crippen molar-refractivity contribution in [1.82, 2.24) is 5.32 Å². The standard InChI is InChI=1S/C22H26N2O2/c1-16(2)18-8-10-20(11-9-18)24-15-19(14-21(24)25)22(26)23-13-12-17-6-4-3-5-7-17/h3-11,16,19H,12-15H2,1-2H3,(H,23,26). The van der Waals surface area contributed by atoms with Crippen LogP contribution in [0.3, 0.4) is 0 Å². The van der Waals surface area contributed by atoms with E-state index in [9.17, 15) is 9.59 Å². The van der Waals surface area contributed by atoms with E-state index in [2.05, 4.69) is 31.3 Å². The number of carbonyl (C=O) groups excluding carboxylic acids is 2. The van der Waals surface area contributed by atoms with E-state index in [1.807, 2.05) is 42.5 Å². The second-order valence-corrected chi connectivity index (χ2v) is 7.18. The van der Waals surface area contributed by atoms with E-state index in [0.29, 0.717) is 19.0 Å². The van der Waals surface area contributed by atoms with Crippen molar-refractivity contribution in [2.75, 3.05) is 18.0 Å². The van der Waals surface area contributed by atoms with Crippen LogP contribution in [0.2, 0.25) is 0 Å². The van der Waals surface area contributed by atoms with Crippen molar-refractivity contribution in [2.24, 2.45) is 5.92 Å². The van der Waals surface area contributed by atoms with E-state index in [1.54, 1.807) is 4.90 Å². The fourth-order valence-electron chi connectivity index (χ4n) is 3.29. The molecule has 2 aromatic carbocycles. The van der Waals surface area contributed by atoms with E-state index in [-0.39, 0.29) is 24.2 Å². The number of hydrogen-bond donors (Lipinski definition) is 1. The van der Waals surface area contributed by atoms with Crippen LogP contribution in [0.25, 0.3) is 0 Å². The molecule has 0 spiro atoms. The Kier molecular flexibility index (Phi) is 5.71. The lowest BCUT2D eigenvalue weighted by Gasteiger charge is -2.17. The normalized spacial score (nSPS) is 17.0. The molecule has 0 radical (unpaired) electrons. The zero-order chi connectivity index (χ0) is 18.5. The smallest absolute Gasteiger partial charge is 0.227 e. The molecule has 4 heteroatoms. The average Bonchev–Trinajstić information content (AvgIpc) is 3.04. The van der Waals surface area contributed by atoms with Crippen LogP contribution in [0.15, 0.2) is 54.6 Å². The number of amides is 2. The van der Waals surface area contributed by atoms with Crippen LogP contribution in [0.1, 0.15) is 37.3 Å². The van der Waals surface area contributed by atoms with Crippen LogP contribution in [-0.4, -0.2) is 24.9 Å². The third-order valence-electron chi connectivity index (χ3n) is 4.92. The minimum Gasteiger partial charge on any atom is -0.355 e. The van der Waals surface area contributed by atoms with Crippen molar-refractivity contribution >= 4 is 17.5 Å². The van der Waals surface area contributed by atoms with Gasteiger partial charge < -0.3 is 10.2 Å². The largest absolute Gasteiger partial charge is 0.355 e. The lowest BCUT2D eigenvalue weighted by molar-refractivity contribution is -0.126. The van der Waals surface area contributed by atoms with Crippen molar-refractivity contribution in [3.05, 3.63) is 65.7 Å². The van der Waals surface area contributed by atoms with Gasteiger partial charge in [0.1, 0.15) is 0 Å². The molecule has 3 rings (SSSR count). The molecule has 136 valence electrons. The summed E-state index contributed by atoms with van der Waals surface area (Å²) in [6.07, 6.45) is 1.08. The van der Waals surface area contributed by atoms with E-state index in [4.69, 9.17) is 0 Å². The van der Waals surface area contributed by atoms with E-state index >= 15 is 0 Å². The van der Waals surface area contributed by atoms with E-state index in [0.717, 1.165) is 12.1 Å². The molecule has 1 fully saturated rings. The maximum Gasteiger partial charge on any atom is 0.227 e. The van der Waals surface area contributed by atoms with Crippen LogP contribution in [0, 0.1) is 5.92 Å². The van der Waals surface area contributed by atoms with Crippen LogP contribution in [0.5, 0.6) is 0 Å². The summed E-state index contributed by atoms with van der Waals surface area (Å²) in [6.45, 7) is 5.34. The molecule has 1 saturated heterocycles. The molecule has 0 saturated carbocycles. The first-order valence-corrected chi connectivity index (χ1v) is 9.26. The number of nitrogens with one attached hydrogen (secondary N) is 1. The third kappa shape index (κ3) is 4.31. The zero-order valence-electron chi connectivity index (χ0n) is 15.4. The molecule has 1 aliphatic rings. The predicted molar refractivity (Wildman–Crippen MR) is 104 cm³/mol. The number of rotatable bonds is 6.